The molecule has 2 bridgehead atoms. The molecule has 0 radical (unpaired) electrons. The van der Waals surface area contributed by atoms with E-state index in [4.69, 9.17) is 18.9 Å². The van der Waals surface area contributed by atoms with E-state index in [0.717, 1.165) is 6.42 Å². The highest BCUT2D eigenvalue weighted by molar-refractivity contribution is 5.67. The number of carbonyl (C=O) groups excluding carboxylic acids is 2. The third kappa shape index (κ3) is 2.05. The van der Waals surface area contributed by atoms with E-state index in [0.29, 0.717) is 13.0 Å². The Morgan fingerprint density at radius 1 is 1.35 bits per heavy atom. The van der Waals surface area contributed by atoms with Crippen LogP contribution in [-0.2, 0) is 28.5 Å². The van der Waals surface area contributed by atoms with Crippen molar-refractivity contribution in [3.63, 3.8) is 0 Å². The van der Waals surface area contributed by atoms with Crippen LogP contribution in [0.1, 0.15) is 40.5 Å². The number of esters is 2. The number of hydrogen-bond acceptors (Lipinski definition) is 7. The third-order valence-electron chi connectivity index (χ3n) is 7.08. The number of fused-ring (bicyclic) bond motifs is 2. The van der Waals surface area contributed by atoms with Crippen LogP contribution in [0.2, 0.25) is 0 Å². The lowest BCUT2D eigenvalue weighted by molar-refractivity contribution is -0.233. The Morgan fingerprint density at radius 3 is 2.62 bits per heavy atom. The Balaban J connectivity index is 1.86. The number of rotatable bonds is 3. The predicted octanol–water partition coefficient (Wildman–Crippen LogP) is 1.12. The smallest absolute Gasteiger partial charge is 0.303 e. The van der Waals surface area contributed by atoms with Gasteiger partial charge in [-0.25, -0.2) is 0 Å². The van der Waals surface area contributed by atoms with Crippen molar-refractivity contribution in [1.29, 1.82) is 0 Å². The molecule has 0 amide bonds. The molecular weight excluding hydrogens is 340 g/mol. The Labute approximate surface area is 152 Å². The van der Waals surface area contributed by atoms with Gasteiger partial charge in [-0.3, -0.25) is 9.59 Å². The van der Waals surface area contributed by atoms with Crippen molar-refractivity contribution in [3.05, 3.63) is 11.6 Å². The van der Waals surface area contributed by atoms with Crippen molar-refractivity contribution in [1.82, 2.24) is 0 Å². The molecule has 1 spiro atoms. The molecule has 7 nitrogen and oxygen atoms in total. The van der Waals surface area contributed by atoms with Gasteiger partial charge < -0.3 is 24.1 Å². The molecule has 7 atom stereocenters. The van der Waals surface area contributed by atoms with Crippen molar-refractivity contribution in [2.24, 2.45) is 10.8 Å². The first-order valence-electron chi connectivity index (χ1n) is 9.13. The molecule has 1 saturated carbocycles. The lowest BCUT2D eigenvalue weighted by atomic mass is 9.51. The van der Waals surface area contributed by atoms with Gasteiger partial charge in [0, 0.05) is 19.3 Å². The normalized spacial score (nSPS) is 48.6. The summed E-state index contributed by atoms with van der Waals surface area (Å²) in [7, 11) is 0. The van der Waals surface area contributed by atoms with E-state index in [2.05, 4.69) is 6.08 Å². The highest BCUT2D eigenvalue weighted by Gasteiger charge is 2.85. The molecule has 0 aromatic heterocycles. The summed E-state index contributed by atoms with van der Waals surface area (Å²) in [4.78, 5) is 23.4. The fourth-order valence-corrected chi connectivity index (χ4v) is 5.60. The number of epoxide rings is 1. The molecule has 2 saturated heterocycles. The summed E-state index contributed by atoms with van der Waals surface area (Å²) in [5.41, 5.74) is -0.890. The maximum absolute atomic E-state index is 11.8. The van der Waals surface area contributed by atoms with E-state index in [-0.39, 0.29) is 18.7 Å². The first-order chi connectivity index (χ1) is 12.2. The Morgan fingerprint density at radius 2 is 2.04 bits per heavy atom. The maximum Gasteiger partial charge on any atom is 0.303 e. The van der Waals surface area contributed by atoms with E-state index in [1.54, 1.807) is 0 Å². The number of ether oxygens (including phenoxy) is 4. The minimum atomic E-state index is -0.986. The summed E-state index contributed by atoms with van der Waals surface area (Å²) < 4.78 is 23.3. The molecule has 1 N–H and O–H groups in total. The minimum absolute atomic E-state index is 0.135. The highest BCUT2D eigenvalue weighted by Crippen LogP contribution is 2.72. The fraction of sp³-hybridized carbons (Fsp3) is 0.789. The van der Waals surface area contributed by atoms with Crippen LogP contribution in [0.3, 0.4) is 0 Å². The van der Waals surface area contributed by atoms with Crippen molar-refractivity contribution in [2.45, 2.75) is 70.6 Å². The summed E-state index contributed by atoms with van der Waals surface area (Å²) in [6.45, 7) is 7.31. The van der Waals surface area contributed by atoms with Gasteiger partial charge in [0.15, 0.2) is 0 Å². The van der Waals surface area contributed by atoms with Gasteiger partial charge in [-0.2, -0.15) is 0 Å². The first-order valence-corrected chi connectivity index (χ1v) is 9.13. The van der Waals surface area contributed by atoms with Crippen LogP contribution in [0.25, 0.3) is 0 Å². The summed E-state index contributed by atoms with van der Waals surface area (Å²) in [5, 5.41) is 10.9. The topological polar surface area (TPSA) is 94.6 Å². The van der Waals surface area contributed by atoms with Crippen molar-refractivity contribution in [3.8, 4) is 0 Å². The van der Waals surface area contributed by atoms with E-state index < -0.39 is 40.7 Å². The minimum Gasteiger partial charge on any atom is -0.465 e. The summed E-state index contributed by atoms with van der Waals surface area (Å²) in [6.07, 6.45) is 0.896. The van der Waals surface area contributed by atoms with Gasteiger partial charge in [0.1, 0.15) is 30.5 Å². The molecule has 4 rings (SSSR count). The van der Waals surface area contributed by atoms with Crippen LogP contribution in [0, 0.1) is 10.8 Å². The Hall–Kier alpha value is -1.44. The van der Waals surface area contributed by atoms with Crippen molar-refractivity contribution in [2.75, 3.05) is 13.2 Å². The van der Waals surface area contributed by atoms with Crippen LogP contribution in [0.4, 0.5) is 0 Å². The van der Waals surface area contributed by atoms with Crippen LogP contribution in [-0.4, -0.2) is 60.3 Å². The first kappa shape index (κ1) is 17.9. The van der Waals surface area contributed by atoms with Crippen molar-refractivity contribution < 1.29 is 33.6 Å². The molecular formula is C19H26O7. The summed E-state index contributed by atoms with van der Waals surface area (Å²) in [6, 6.07) is 0. The highest BCUT2D eigenvalue weighted by atomic mass is 16.7. The van der Waals surface area contributed by atoms with E-state index in [1.165, 1.54) is 19.4 Å². The zero-order valence-corrected chi connectivity index (χ0v) is 15.6. The molecule has 144 valence electrons. The van der Waals surface area contributed by atoms with Gasteiger partial charge in [0.05, 0.1) is 18.1 Å². The molecule has 0 aromatic rings. The van der Waals surface area contributed by atoms with Gasteiger partial charge in [-0.15, -0.1) is 0 Å². The van der Waals surface area contributed by atoms with Crippen LogP contribution in [0.5, 0.6) is 0 Å². The number of aliphatic hydroxyl groups is 1. The molecule has 26 heavy (non-hydrogen) atoms. The van der Waals surface area contributed by atoms with Gasteiger partial charge in [0.2, 0.25) is 0 Å². The monoisotopic (exact) mass is 366 g/mol. The lowest BCUT2D eigenvalue weighted by Gasteiger charge is -2.58. The van der Waals surface area contributed by atoms with Gasteiger partial charge in [-0.1, -0.05) is 18.6 Å². The quantitative estimate of drug-likeness (QED) is 0.454. The zero-order chi connectivity index (χ0) is 18.9. The number of allylic oxidation sites excluding steroid dienone is 1. The molecule has 2 aliphatic carbocycles. The largest absolute Gasteiger partial charge is 0.465 e. The number of carbonyl (C=O) groups is 2. The molecule has 0 unspecified atom stereocenters. The zero-order valence-electron chi connectivity index (χ0n) is 15.6. The van der Waals surface area contributed by atoms with E-state index >= 15 is 0 Å². The second-order valence-corrected chi connectivity index (χ2v) is 8.33. The number of hydrogen-bond donors (Lipinski definition) is 1. The lowest BCUT2D eigenvalue weighted by Crippen LogP contribution is -2.66. The Kier molecular flexibility index (Phi) is 3.82. The second-order valence-electron chi connectivity index (χ2n) is 8.33. The average Bonchev–Trinajstić information content (AvgIpc) is 3.34. The molecule has 0 aromatic carbocycles. The van der Waals surface area contributed by atoms with E-state index in [1.807, 2.05) is 13.8 Å². The standard InChI is InChI=1S/C19H26O7/c1-10-5-6-18(8-23-11(2)20)13(7-10)26-16-14(22)15(25-12(3)21)17(18,4)19(16)9-24-19/h7,13-16,22H,5-6,8-9H2,1-4H3/t13-,14+,15+,16+,17+,18+,19-/m0/s1. The second kappa shape index (κ2) is 5.53. The fourth-order valence-electron chi connectivity index (χ4n) is 5.60. The van der Waals surface area contributed by atoms with Gasteiger partial charge in [-0.05, 0) is 19.8 Å². The number of aliphatic hydroxyl groups excluding tert-OH is 1. The predicted molar refractivity (Wildman–Crippen MR) is 89.1 cm³/mol. The van der Waals surface area contributed by atoms with Gasteiger partial charge >= 0.3 is 11.9 Å². The summed E-state index contributed by atoms with van der Waals surface area (Å²) in [5.74, 6) is -0.830. The van der Waals surface area contributed by atoms with E-state index in [9.17, 15) is 14.7 Å². The summed E-state index contributed by atoms with van der Waals surface area (Å²) >= 11 is 0. The average molecular weight is 366 g/mol. The van der Waals surface area contributed by atoms with Crippen LogP contribution >= 0.6 is 0 Å². The Bertz CT molecular complexity index is 681. The molecule has 2 heterocycles. The third-order valence-corrected chi connectivity index (χ3v) is 7.08. The molecule has 3 fully saturated rings. The molecule has 7 heteroatoms. The van der Waals surface area contributed by atoms with Crippen molar-refractivity contribution >= 4 is 11.9 Å². The maximum atomic E-state index is 11.8. The van der Waals surface area contributed by atoms with Gasteiger partial charge in [0.25, 0.3) is 0 Å². The SMILES string of the molecule is CC(=O)OC[C@]12CCC(C)=C[C@@H]1O[C@@H]1[C@H](O)[C@@H](OC(C)=O)[C@@]2(C)[C@]12CO2. The molecule has 2 aliphatic heterocycles. The van der Waals surface area contributed by atoms with Crippen LogP contribution < -0.4 is 0 Å². The van der Waals surface area contributed by atoms with Crippen LogP contribution in [0.15, 0.2) is 11.6 Å². The molecule has 4 aliphatic rings.